The van der Waals surface area contributed by atoms with Crippen LogP contribution >= 0.6 is 0 Å². The molecule has 0 unspecified atom stereocenters. The molecule has 1 rings (SSSR count). The molecule has 4 heteroatoms. The fraction of sp³-hybridized carbons (Fsp3) is 1.00. The molecule has 114 valence electrons. The van der Waals surface area contributed by atoms with Gasteiger partial charge >= 0.3 is 0 Å². The normalized spacial score (nSPS) is 18.5. The van der Waals surface area contributed by atoms with E-state index >= 15 is 0 Å². The predicted molar refractivity (Wildman–Crippen MR) is 83.8 cm³/mol. The number of hydrogen-bond acceptors (Lipinski definition) is 4. The van der Waals surface area contributed by atoms with Gasteiger partial charge in [-0.1, -0.05) is 6.92 Å². The summed E-state index contributed by atoms with van der Waals surface area (Å²) in [5, 5.41) is 3.44. The smallest absolute Gasteiger partial charge is 0.0281 e. The minimum Gasteiger partial charge on any atom is -0.314 e. The van der Waals surface area contributed by atoms with E-state index in [2.05, 4.69) is 54.9 Å². The van der Waals surface area contributed by atoms with Gasteiger partial charge in [0, 0.05) is 51.4 Å². The standard InChI is InChI=1S/C15H34N4/c1-6-9-18(13-12-17(4)5)14-15(2,3)19-10-7-16-8-11-19/h16H,6-14H2,1-5H3. The van der Waals surface area contributed by atoms with Crippen LogP contribution in [-0.2, 0) is 0 Å². The van der Waals surface area contributed by atoms with Crippen molar-refractivity contribution in [2.75, 3.05) is 66.5 Å². The number of hydrogen-bond donors (Lipinski definition) is 1. The first-order valence-electron chi connectivity index (χ1n) is 7.78. The van der Waals surface area contributed by atoms with E-state index in [1.807, 2.05) is 0 Å². The molecule has 1 aliphatic heterocycles. The van der Waals surface area contributed by atoms with Crippen LogP contribution in [0.25, 0.3) is 0 Å². The SMILES string of the molecule is CCCN(CCN(C)C)CC(C)(C)N1CCNCC1. The summed E-state index contributed by atoms with van der Waals surface area (Å²) in [7, 11) is 4.32. The van der Waals surface area contributed by atoms with E-state index in [4.69, 9.17) is 0 Å². The lowest BCUT2D eigenvalue weighted by Gasteiger charge is -2.44. The van der Waals surface area contributed by atoms with Gasteiger partial charge < -0.3 is 15.1 Å². The quantitative estimate of drug-likeness (QED) is 0.709. The second-order valence-corrected chi connectivity index (χ2v) is 6.63. The van der Waals surface area contributed by atoms with E-state index in [9.17, 15) is 0 Å². The van der Waals surface area contributed by atoms with E-state index < -0.39 is 0 Å². The molecule has 0 aromatic heterocycles. The highest BCUT2D eigenvalue weighted by atomic mass is 15.3. The molecule has 1 fully saturated rings. The van der Waals surface area contributed by atoms with Crippen LogP contribution in [0.1, 0.15) is 27.2 Å². The molecular formula is C15H34N4. The molecule has 1 saturated heterocycles. The van der Waals surface area contributed by atoms with Gasteiger partial charge in [-0.15, -0.1) is 0 Å². The van der Waals surface area contributed by atoms with Crippen molar-refractivity contribution in [1.29, 1.82) is 0 Å². The van der Waals surface area contributed by atoms with Crippen molar-refractivity contribution >= 4 is 0 Å². The van der Waals surface area contributed by atoms with Crippen molar-refractivity contribution in [1.82, 2.24) is 20.0 Å². The summed E-state index contributed by atoms with van der Waals surface area (Å²) in [5.74, 6) is 0. The molecule has 0 radical (unpaired) electrons. The predicted octanol–water partition coefficient (Wildman–Crippen LogP) is 0.944. The van der Waals surface area contributed by atoms with Crippen LogP contribution in [-0.4, -0.2) is 86.7 Å². The van der Waals surface area contributed by atoms with Crippen LogP contribution in [0.4, 0.5) is 0 Å². The first kappa shape index (κ1) is 16.9. The molecule has 0 amide bonds. The van der Waals surface area contributed by atoms with Gasteiger partial charge in [0.2, 0.25) is 0 Å². The molecule has 4 nitrogen and oxygen atoms in total. The van der Waals surface area contributed by atoms with Crippen molar-refractivity contribution in [3.8, 4) is 0 Å². The minimum atomic E-state index is 0.281. The summed E-state index contributed by atoms with van der Waals surface area (Å²) in [5.41, 5.74) is 0.281. The highest BCUT2D eigenvalue weighted by Gasteiger charge is 2.29. The number of rotatable bonds is 8. The Hall–Kier alpha value is -0.160. The summed E-state index contributed by atoms with van der Waals surface area (Å²) in [6, 6.07) is 0. The van der Waals surface area contributed by atoms with Gasteiger partial charge in [0.15, 0.2) is 0 Å². The van der Waals surface area contributed by atoms with Crippen LogP contribution in [0.2, 0.25) is 0 Å². The summed E-state index contributed by atoms with van der Waals surface area (Å²) in [6.07, 6.45) is 1.24. The maximum atomic E-state index is 3.44. The molecular weight excluding hydrogens is 236 g/mol. The van der Waals surface area contributed by atoms with Gasteiger partial charge in [0.05, 0.1) is 0 Å². The Morgan fingerprint density at radius 3 is 2.21 bits per heavy atom. The zero-order valence-corrected chi connectivity index (χ0v) is 13.7. The average Bonchev–Trinajstić information content (AvgIpc) is 2.37. The highest BCUT2D eigenvalue weighted by molar-refractivity contribution is 4.87. The van der Waals surface area contributed by atoms with Gasteiger partial charge in [-0.2, -0.15) is 0 Å². The molecule has 0 bridgehead atoms. The number of likely N-dealkylation sites (N-methyl/N-ethyl adjacent to an activating group) is 1. The van der Waals surface area contributed by atoms with Crippen LogP contribution < -0.4 is 5.32 Å². The molecule has 0 aromatic rings. The maximum absolute atomic E-state index is 3.44. The summed E-state index contributed by atoms with van der Waals surface area (Å²) in [6.45, 7) is 16.4. The fourth-order valence-electron chi connectivity index (χ4n) is 2.84. The van der Waals surface area contributed by atoms with Crippen LogP contribution in [0, 0.1) is 0 Å². The molecule has 0 aliphatic carbocycles. The lowest BCUT2D eigenvalue weighted by atomic mass is 10.0. The van der Waals surface area contributed by atoms with Crippen LogP contribution in [0.5, 0.6) is 0 Å². The molecule has 0 saturated carbocycles. The molecule has 0 atom stereocenters. The Morgan fingerprint density at radius 1 is 1.05 bits per heavy atom. The summed E-state index contributed by atoms with van der Waals surface area (Å²) in [4.78, 5) is 7.55. The van der Waals surface area contributed by atoms with Gasteiger partial charge in [0.1, 0.15) is 0 Å². The first-order valence-corrected chi connectivity index (χ1v) is 7.78. The lowest BCUT2D eigenvalue weighted by Crippen LogP contribution is -2.58. The Morgan fingerprint density at radius 2 is 1.68 bits per heavy atom. The van der Waals surface area contributed by atoms with Crippen molar-refractivity contribution < 1.29 is 0 Å². The minimum absolute atomic E-state index is 0.281. The van der Waals surface area contributed by atoms with Crippen LogP contribution in [0.15, 0.2) is 0 Å². The monoisotopic (exact) mass is 270 g/mol. The second-order valence-electron chi connectivity index (χ2n) is 6.63. The van der Waals surface area contributed by atoms with Crippen molar-refractivity contribution in [2.45, 2.75) is 32.7 Å². The third-order valence-corrected chi connectivity index (χ3v) is 3.99. The Labute approximate surface area is 120 Å². The second kappa shape index (κ2) is 8.20. The summed E-state index contributed by atoms with van der Waals surface area (Å²) >= 11 is 0. The highest BCUT2D eigenvalue weighted by Crippen LogP contribution is 2.17. The van der Waals surface area contributed by atoms with Crippen LogP contribution in [0.3, 0.4) is 0 Å². The van der Waals surface area contributed by atoms with Crippen molar-refractivity contribution in [3.63, 3.8) is 0 Å². The Kier molecular flexibility index (Phi) is 7.29. The van der Waals surface area contributed by atoms with E-state index in [1.54, 1.807) is 0 Å². The third-order valence-electron chi connectivity index (χ3n) is 3.99. The molecule has 1 aliphatic rings. The number of nitrogens with zero attached hydrogens (tertiary/aromatic N) is 3. The van der Waals surface area contributed by atoms with Crippen molar-refractivity contribution in [3.05, 3.63) is 0 Å². The Balaban J connectivity index is 2.49. The molecule has 1 N–H and O–H groups in total. The van der Waals surface area contributed by atoms with Gasteiger partial charge in [0.25, 0.3) is 0 Å². The zero-order chi connectivity index (χ0) is 14.3. The number of nitrogens with one attached hydrogen (secondary N) is 1. The van der Waals surface area contributed by atoms with Gasteiger partial charge in [-0.3, -0.25) is 4.90 Å². The first-order chi connectivity index (χ1) is 8.95. The van der Waals surface area contributed by atoms with Gasteiger partial charge in [-0.05, 0) is 40.9 Å². The zero-order valence-electron chi connectivity index (χ0n) is 13.7. The molecule has 0 aromatic carbocycles. The third kappa shape index (κ3) is 6.21. The van der Waals surface area contributed by atoms with E-state index in [1.165, 1.54) is 39.1 Å². The maximum Gasteiger partial charge on any atom is 0.0281 e. The molecule has 19 heavy (non-hydrogen) atoms. The van der Waals surface area contributed by atoms with E-state index in [0.29, 0.717) is 0 Å². The lowest BCUT2D eigenvalue weighted by molar-refractivity contribution is 0.0609. The molecule has 0 spiro atoms. The largest absolute Gasteiger partial charge is 0.314 e. The fourth-order valence-corrected chi connectivity index (χ4v) is 2.84. The average molecular weight is 270 g/mol. The molecule has 1 heterocycles. The number of piperazine rings is 1. The Bertz CT molecular complexity index is 234. The van der Waals surface area contributed by atoms with E-state index in [0.717, 1.165) is 19.6 Å². The topological polar surface area (TPSA) is 21.8 Å². The van der Waals surface area contributed by atoms with E-state index in [-0.39, 0.29) is 5.54 Å². The van der Waals surface area contributed by atoms with Crippen molar-refractivity contribution in [2.24, 2.45) is 0 Å². The summed E-state index contributed by atoms with van der Waals surface area (Å²) < 4.78 is 0. The van der Waals surface area contributed by atoms with Gasteiger partial charge in [-0.25, -0.2) is 0 Å².